The lowest BCUT2D eigenvalue weighted by Crippen LogP contribution is -2.46. The van der Waals surface area contributed by atoms with E-state index >= 15 is 0 Å². The maximum atomic E-state index is 11.4. The monoisotopic (exact) mass is 350 g/mol. The Kier molecular flexibility index (Phi) is 6.08. The van der Waals surface area contributed by atoms with Gasteiger partial charge in [-0.3, -0.25) is 9.69 Å². The number of carbonyl (C=O) groups excluding carboxylic acids is 1. The van der Waals surface area contributed by atoms with Crippen LogP contribution in [-0.4, -0.2) is 50.5 Å². The van der Waals surface area contributed by atoms with Crippen molar-refractivity contribution in [3.63, 3.8) is 0 Å². The van der Waals surface area contributed by atoms with Crippen LogP contribution in [0.25, 0.3) is 6.08 Å². The van der Waals surface area contributed by atoms with Crippen molar-refractivity contribution in [1.29, 1.82) is 0 Å². The summed E-state index contributed by atoms with van der Waals surface area (Å²) >= 11 is 0. The van der Waals surface area contributed by atoms with E-state index in [4.69, 9.17) is 4.74 Å². The zero-order chi connectivity index (χ0) is 18.4. The fourth-order valence-corrected chi connectivity index (χ4v) is 3.23. The van der Waals surface area contributed by atoms with Gasteiger partial charge in [0.15, 0.2) is 5.78 Å². The van der Waals surface area contributed by atoms with E-state index in [1.165, 1.54) is 5.69 Å². The van der Waals surface area contributed by atoms with E-state index < -0.39 is 0 Å². The third-order valence-corrected chi connectivity index (χ3v) is 4.81. The molecule has 0 amide bonds. The Bertz CT molecular complexity index is 760. The van der Waals surface area contributed by atoms with Crippen LogP contribution in [0.4, 0.5) is 5.69 Å². The topological polar surface area (TPSA) is 32.8 Å². The second-order valence-corrected chi connectivity index (χ2v) is 6.54. The minimum atomic E-state index is 0.114. The molecular weight excluding hydrogens is 324 g/mol. The number of Topliss-reactive ketones (excluding diaryl/α,β-unsaturated/α-hetero) is 1. The molecule has 0 N–H and O–H groups in total. The van der Waals surface area contributed by atoms with Gasteiger partial charge in [0.05, 0.1) is 7.11 Å². The van der Waals surface area contributed by atoms with Gasteiger partial charge in [-0.1, -0.05) is 30.4 Å². The van der Waals surface area contributed by atoms with Crippen LogP contribution in [0.5, 0.6) is 5.75 Å². The van der Waals surface area contributed by atoms with E-state index in [1.807, 2.05) is 42.5 Å². The van der Waals surface area contributed by atoms with E-state index in [0.717, 1.165) is 49.6 Å². The molecular formula is C22H26N2O2. The average molecular weight is 350 g/mol. The SMILES string of the molecule is COc1ccccc1C=CCN1CCN(c2ccc(C(C)=O)cc2)CC1. The molecule has 1 heterocycles. The van der Waals surface area contributed by atoms with E-state index in [2.05, 4.69) is 28.0 Å². The van der Waals surface area contributed by atoms with Gasteiger partial charge in [-0.15, -0.1) is 0 Å². The first-order valence-electron chi connectivity index (χ1n) is 9.05. The van der Waals surface area contributed by atoms with Crippen molar-refractivity contribution in [2.24, 2.45) is 0 Å². The van der Waals surface area contributed by atoms with Gasteiger partial charge >= 0.3 is 0 Å². The van der Waals surface area contributed by atoms with Crippen LogP contribution in [0, 0.1) is 0 Å². The largest absolute Gasteiger partial charge is 0.496 e. The molecule has 3 rings (SSSR count). The molecule has 0 unspecified atom stereocenters. The molecule has 1 aliphatic heterocycles. The van der Waals surface area contributed by atoms with Crippen molar-refractivity contribution in [3.8, 4) is 5.75 Å². The van der Waals surface area contributed by atoms with Crippen LogP contribution >= 0.6 is 0 Å². The van der Waals surface area contributed by atoms with Gasteiger partial charge in [0.1, 0.15) is 5.75 Å². The minimum absolute atomic E-state index is 0.114. The number of benzene rings is 2. The summed E-state index contributed by atoms with van der Waals surface area (Å²) in [4.78, 5) is 16.2. The number of para-hydroxylation sites is 1. The summed E-state index contributed by atoms with van der Waals surface area (Å²) in [5, 5.41) is 0. The number of ether oxygens (including phenoxy) is 1. The third-order valence-electron chi connectivity index (χ3n) is 4.81. The Balaban J connectivity index is 1.50. The Hall–Kier alpha value is -2.59. The molecule has 4 heteroatoms. The highest BCUT2D eigenvalue weighted by molar-refractivity contribution is 5.94. The lowest BCUT2D eigenvalue weighted by molar-refractivity contribution is 0.101. The van der Waals surface area contributed by atoms with Crippen molar-refractivity contribution < 1.29 is 9.53 Å². The maximum Gasteiger partial charge on any atom is 0.159 e. The summed E-state index contributed by atoms with van der Waals surface area (Å²) in [6, 6.07) is 16.0. The van der Waals surface area contributed by atoms with Crippen LogP contribution in [0.15, 0.2) is 54.6 Å². The number of methoxy groups -OCH3 is 1. The third kappa shape index (κ3) is 4.52. The molecule has 0 atom stereocenters. The first-order chi connectivity index (χ1) is 12.7. The first-order valence-corrected chi connectivity index (χ1v) is 9.05. The van der Waals surface area contributed by atoms with Crippen LogP contribution < -0.4 is 9.64 Å². The fraction of sp³-hybridized carbons (Fsp3) is 0.318. The lowest BCUT2D eigenvalue weighted by Gasteiger charge is -2.35. The van der Waals surface area contributed by atoms with E-state index in [0.29, 0.717) is 0 Å². The first kappa shape index (κ1) is 18.2. The number of anilines is 1. The normalized spacial score (nSPS) is 15.4. The molecule has 2 aromatic rings. The second-order valence-electron chi connectivity index (χ2n) is 6.54. The Morgan fingerprint density at radius 1 is 1.04 bits per heavy atom. The smallest absolute Gasteiger partial charge is 0.159 e. The zero-order valence-corrected chi connectivity index (χ0v) is 15.5. The predicted octanol–water partition coefficient (Wildman–Crippen LogP) is 3.73. The summed E-state index contributed by atoms with van der Waals surface area (Å²) in [6.45, 7) is 6.61. The molecule has 0 saturated carbocycles. The number of hydrogen-bond acceptors (Lipinski definition) is 4. The van der Waals surface area contributed by atoms with Gasteiger partial charge in [-0.25, -0.2) is 0 Å². The van der Waals surface area contributed by atoms with Crippen LogP contribution in [0.1, 0.15) is 22.8 Å². The molecule has 0 spiro atoms. The number of piperazine rings is 1. The van der Waals surface area contributed by atoms with Gasteiger partial charge < -0.3 is 9.64 Å². The van der Waals surface area contributed by atoms with Gasteiger partial charge in [-0.05, 0) is 37.3 Å². The summed E-state index contributed by atoms with van der Waals surface area (Å²) < 4.78 is 5.38. The highest BCUT2D eigenvalue weighted by Crippen LogP contribution is 2.20. The molecule has 26 heavy (non-hydrogen) atoms. The maximum absolute atomic E-state index is 11.4. The minimum Gasteiger partial charge on any atom is -0.496 e. The van der Waals surface area contributed by atoms with Gasteiger partial charge in [0, 0.05) is 49.5 Å². The molecule has 136 valence electrons. The van der Waals surface area contributed by atoms with Crippen molar-refractivity contribution >= 4 is 17.5 Å². The predicted molar refractivity (Wildman–Crippen MR) is 107 cm³/mol. The quantitative estimate of drug-likeness (QED) is 0.743. The van der Waals surface area contributed by atoms with E-state index in [9.17, 15) is 4.79 Å². The van der Waals surface area contributed by atoms with Crippen molar-refractivity contribution in [2.45, 2.75) is 6.92 Å². The Morgan fingerprint density at radius 2 is 1.73 bits per heavy atom. The summed E-state index contributed by atoms with van der Waals surface area (Å²) in [5.74, 6) is 1.02. The Morgan fingerprint density at radius 3 is 2.38 bits per heavy atom. The second kappa shape index (κ2) is 8.68. The molecule has 0 radical (unpaired) electrons. The van der Waals surface area contributed by atoms with Crippen molar-refractivity contribution in [3.05, 3.63) is 65.7 Å². The van der Waals surface area contributed by atoms with E-state index in [-0.39, 0.29) is 5.78 Å². The number of rotatable bonds is 6. The van der Waals surface area contributed by atoms with Crippen LogP contribution in [-0.2, 0) is 0 Å². The molecule has 1 saturated heterocycles. The van der Waals surface area contributed by atoms with Crippen LogP contribution in [0.2, 0.25) is 0 Å². The molecule has 2 aromatic carbocycles. The molecule has 4 nitrogen and oxygen atoms in total. The van der Waals surface area contributed by atoms with Crippen molar-refractivity contribution in [1.82, 2.24) is 4.90 Å². The Labute approximate surface area is 155 Å². The number of nitrogens with zero attached hydrogens (tertiary/aromatic N) is 2. The zero-order valence-electron chi connectivity index (χ0n) is 15.5. The number of ketones is 1. The van der Waals surface area contributed by atoms with Gasteiger partial charge in [0.2, 0.25) is 0 Å². The average Bonchev–Trinajstić information content (AvgIpc) is 2.69. The van der Waals surface area contributed by atoms with Crippen molar-refractivity contribution in [2.75, 3.05) is 44.7 Å². The standard InChI is InChI=1S/C22H26N2O2/c1-18(25)19-9-11-21(12-10-19)24-16-14-23(15-17-24)13-5-7-20-6-3-4-8-22(20)26-2/h3-12H,13-17H2,1-2H3. The molecule has 1 aliphatic rings. The van der Waals surface area contributed by atoms with Crippen LogP contribution in [0.3, 0.4) is 0 Å². The van der Waals surface area contributed by atoms with E-state index in [1.54, 1.807) is 14.0 Å². The number of hydrogen-bond donors (Lipinski definition) is 0. The highest BCUT2D eigenvalue weighted by atomic mass is 16.5. The highest BCUT2D eigenvalue weighted by Gasteiger charge is 2.16. The fourth-order valence-electron chi connectivity index (χ4n) is 3.23. The molecule has 0 aromatic heterocycles. The molecule has 0 bridgehead atoms. The summed E-state index contributed by atoms with van der Waals surface area (Å²) in [7, 11) is 1.70. The van der Waals surface area contributed by atoms with Gasteiger partial charge in [0.25, 0.3) is 0 Å². The summed E-state index contributed by atoms with van der Waals surface area (Å²) in [5.41, 5.74) is 3.08. The molecule has 0 aliphatic carbocycles. The lowest BCUT2D eigenvalue weighted by atomic mass is 10.1. The summed E-state index contributed by atoms with van der Waals surface area (Å²) in [6.07, 6.45) is 4.33. The molecule has 1 fully saturated rings. The van der Waals surface area contributed by atoms with Gasteiger partial charge in [-0.2, -0.15) is 0 Å². The number of carbonyl (C=O) groups is 1.